The number of ether oxygens (including phenoxy) is 1. The van der Waals surface area contributed by atoms with Crippen molar-refractivity contribution in [2.75, 3.05) is 5.32 Å². The van der Waals surface area contributed by atoms with E-state index in [0.717, 1.165) is 20.4 Å². The fourth-order valence-electron chi connectivity index (χ4n) is 2.63. The Morgan fingerprint density at radius 3 is 2.19 bits per heavy atom. The fourth-order valence-corrected chi connectivity index (χ4v) is 2.99. The number of halogens is 1. The first kappa shape index (κ1) is 21.4. The summed E-state index contributed by atoms with van der Waals surface area (Å²) in [7, 11) is 0. The second kappa shape index (κ2) is 9.35. The maximum absolute atomic E-state index is 12.8. The third kappa shape index (κ3) is 7.71. The first-order valence-corrected chi connectivity index (χ1v) is 10.0. The van der Waals surface area contributed by atoms with Crippen LogP contribution >= 0.6 is 22.6 Å². The summed E-state index contributed by atoms with van der Waals surface area (Å²) in [5.41, 5.74) is 2.29. The van der Waals surface area contributed by atoms with E-state index in [4.69, 9.17) is 4.74 Å². The van der Waals surface area contributed by atoms with E-state index in [1.807, 2.05) is 76.2 Å². The van der Waals surface area contributed by atoms with Gasteiger partial charge in [-0.2, -0.15) is 0 Å². The molecule has 1 atom stereocenters. The number of carbonyl (C=O) groups excluding carboxylic acids is 2. The van der Waals surface area contributed by atoms with Gasteiger partial charge in [0.2, 0.25) is 5.91 Å². The van der Waals surface area contributed by atoms with Gasteiger partial charge in [0, 0.05) is 9.26 Å². The molecule has 0 aliphatic rings. The van der Waals surface area contributed by atoms with E-state index in [2.05, 4.69) is 27.9 Å². The molecule has 0 aliphatic heterocycles. The van der Waals surface area contributed by atoms with Crippen molar-refractivity contribution in [1.29, 1.82) is 0 Å². The van der Waals surface area contributed by atoms with Crippen LogP contribution in [-0.4, -0.2) is 17.5 Å². The largest absolute Gasteiger partial charge is 0.460 e. The summed E-state index contributed by atoms with van der Waals surface area (Å²) in [6.45, 7) is 7.47. The van der Waals surface area contributed by atoms with Crippen molar-refractivity contribution < 1.29 is 14.3 Å². The van der Waals surface area contributed by atoms with Crippen molar-refractivity contribution in [3.63, 3.8) is 0 Å². The second-order valence-corrected chi connectivity index (χ2v) is 8.92. The summed E-state index contributed by atoms with van der Waals surface area (Å²) in [4.78, 5) is 25.2. The summed E-state index contributed by atoms with van der Waals surface area (Å²) in [6.07, 6.45) is 0.523. The molecule has 0 bridgehead atoms. The summed E-state index contributed by atoms with van der Waals surface area (Å²) in [6, 6.07) is 15.6. The number of hydrogen-bond acceptors (Lipinski definition) is 3. The number of amides is 1. The van der Waals surface area contributed by atoms with Gasteiger partial charge in [0.05, 0.1) is 12.3 Å². The molecule has 0 heterocycles. The van der Waals surface area contributed by atoms with Crippen molar-refractivity contribution in [2.45, 2.75) is 46.1 Å². The van der Waals surface area contributed by atoms with Gasteiger partial charge in [-0.1, -0.05) is 29.8 Å². The maximum atomic E-state index is 12.8. The molecule has 0 unspecified atom stereocenters. The number of esters is 1. The topological polar surface area (TPSA) is 55.4 Å². The van der Waals surface area contributed by atoms with Crippen molar-refractivity contribution in [1.82, 2.24) is 0 Å². The molecular weight excluding hydrogens is 453 g/mol. The number of anilines is 1. The molecule has 144 valence electrons. The lowest BCUT2D eigenvalue weighted by molar-refractivity contribution is -0.157. The predicted molar refractivity (Wildman–Crippen MR) is 117 cm³/mol. The summed E-state index contributed by atoms with van der Waals surface area (Å²) < 4.78 is 6.55. The zero-order valence-electron chi connectivity index (χ0n) is 16.2. The van der Waals surface area contributed by atoms with Crippen LogP contribution in [0.3, 0.4) is 0 Å². The summed E-state index contributed by atoms with van der Waals surface area (Å²) in [5, 5.41) is 2.92. The molecule has 0 saturated carbocycles. The van der Waals surface area contributed by atoms with Crippen LogP contribution in [0.1, 0.15) is 38.3 Å². The highest BCUT2D eigenvalue weighted by Gasteiger charge is 2.26. The molecule has 2 aromatic rings. The number of aryl methyl sites for hydroxylation is 1. The third-order valence-electron chi connectivity index (χ3n) is 3.92. The molecule has 4 nitrogen and oxygen atoms in total. The van der Waals surface area contributed by atoms with E-state index >= 15 is 0 Å². The minimum atomic E-state index is -0.572. The molecule has 0 saturated heterocycles. The Hall–Kier alpha value is -1.89. The van der Waals surface area contributed by atoms with Gasteiger partial charge in [-0.25, -0.2) is 0 Å². The summed E-state index contributed by atoms with van der Waals surface area (Å²) >= 11 is 2.24. The lowest BCUT2D eigenvalue weighted by atomic mass is 9.95. The minimum absolute atomic E-state index is 0.0426. The minimum Gasteiger partial charge on any atom is -0.460 e. The van der Waals surface area contributed by atoms with E-state index < -0.39 is 11.5 Å². The zero-order valence-corrected chi connectivity index (χ0v) is 18.4. The molecule has 2 aromatic carbocycles. The second-order valence-electron chi connectivity index (χ2n) is 7.67. The van der Waals surface area contributed by atoms with Crippen LogP contribution in [0.15, 0.2) is 48.5 Å². The van der Waals surface area contributed by atoms with Crippen LogP contribution in [-0.2, 0) is 20.7 Å². The summed E-state index contributed by atoms with van der Waals surface area (Å²) in [5.74, 6) is -1.04. The monoisotopic (exact) mass is 479 g/mol. The first-order chi connectivity index (χ1) is 12.6. The highest BCUT2D eigenvalue weighted by molar-refractivity contribution is 14.1. The third-order valence-corrected chi connectivity index (χ3v) is 4.64. The first-order valence-electron chi connectivity index (χ1n) is 8.96. The van der Waals surface area contributed by atoms with Crippen LogP contribution in [0.5, 0.6) is 0 Å². The molecule has 2 rings (SSSR count). The van der Waals surface area contributed by atoms with E-state index in [9.17, 15) is 9.59 Å². The van der Waals surface area contributed by atoms with Crippen molar-refractivity contribution in [2.24, 2.45) is 5.92 Å². The Morgan fingerprint density at radius 2 is 1.63 bits per heavy atom. The molecule has 0 aliphatic carbocycles. The number of rotatable bonds is 6. The normalized spacial score (nSPS) is 12.3. The lowest BCUT2D eigenvalue weighted by Gasteiger charge is -2.22. The van der Waals surface area contributed by atoms with Crippen LogP contribution in [0, 0.1) is 16.4 Å². The fraction of sp³-hybridized carbons (Fsp3) is 0.364. The predicted octanol–water partition coefficient (Wildman–Crippen LogP) is 5.13. The van der Waals surface area contributed by atoms with Crippen LogP contribution in [0.2, 0.25) is 0 Å². The number of carbonyl (C=O) groups is 2. The molecule has 1 amide bonds. The van der Waals surface area contributed by atoms with Gasteiger partial charge in [0.1, 0.15) is 5.60 Å². The molecule has 0 radical (unpaired) electrons. The Morgan fingerprint density at radius 1 is 1.04 bits per heavy atom. The molecule has 5 heteroatoms. The average Bonchev–Trinajstić information content (AvgIpc) is 2.56. The Kier molecular flexibility index (Phi) is 7.41. The molecule has 0 fully saturated rings. The van der Waals surface area contributed by atoms with Crippen LogP contribution < -0.4 is 5.32 Å². The molecule has 0 spiro atoms. The SMILES string of the molecule is Cc1ccc(NC(=O)[C@H](CC(=O)OC(C)(C)C)Cc2ccc(I)cc2)cc1. The highest BCUT2D eigenvalue weighted by Crippen LogP contribution is 2.20. The van der Waals surface area contributed by atoms with Crippen molar-refractivity contribution in [3.8, 4) is 0 Å². The van der Waals surface area contributed by atoms with Gasteiger partial charge in [-0.05, 0) is 86.5 Å². The molecule has 0 aromatic heterocycles. The lowest BCUT2D eigenvalue weighted by Crippen LogP contribution is -2.31. The van der Waals surface area contributed by atoms with Crippen LogP contribution in [0.4, 0.5) is 5.69 Å². The van der Waals surface area contributed by atoms with Gasteiger partial charge < -0.3 is 10.1 Å². The van der Waals surface area contributed by atoms with Crippen molar-refractivity contribution in [3.05, 3.63) is 63.2 Å². The van der Waals surface area contributed by atoms with Crippen molar-refractivity contribution >= 4 is 40.2 Å². The molecular formula is C22H26INO3. The standard InChI is InChI=1S/C22H26INO3/c1-15-5-11-19(12-6-15)24-21(26)17(14-20(25)27-22(2,3)4)13-16-7-9-18(23)10-8-16/h5-12,17H,13-14H2,1-4H3,(H,24,26)/t17-/m0/s1. The van der Waals surface area contributed by atoms with E-state index in [1.54, 1.807) is 0 Å². The number of benzene rings is 2. The van der Waals surface area contributed by atoms with Gasteiger partial charge in [-0.3, -0.25) is 9.59 Å². The maximum Gasteiger partial charge on any atom is 0.307 e. The van der Waals surface area contributed by atoms with E-state index in [0.29, 0.717) is 6.42 Å². The van der Waals surface area contributed by atoms with Gasteiger partial charge in [-0.15, -0.1) is 0 Å². The Bertz CT molecular complexity index is 777. The molecule has 27 heavy (non-hydrogen) atoms. The quantitative estimate of drug-likeness (QED) is 0.462. The van der Waals surface area contributed by atoms with E-state index in [-0.39, 0.29) is 18.3 Å². The van der Waals surface area contributed by atoms with Gasteiger partial charge in [0.25, 0.3) is 0 Å². The zero-order chi connectivity index (χ0) is 20.0. The van der Waals surface area contributed by atoms with Crippen LogP contribution in [0.25, 0.3) is 0 Å². The number of hydrogen-bond donors (Lipinski definition) is 1. The Labute approximate surface area is 174 Å². The van der Waals surface area contributed by atoms with E-state index in [1.165, 1.54) is 0 Å². The van der Waals surface area contributed by atoms with Gasteiger partial charge >= 0.3 is 5.97 Å². The van der Waals surface area contributed by atoms with Gasteiger partial charge in [0.15, 0.2) is 0 Å². The Balaban J connectivity index is 2.13. The highest BCUT2D eigenvalue weighted by atomic mass is 127. The smallest absolute Gasteiger partial charge is 0.307 e. The molecule has 1 N–H and O–H groups in total. The number of nitrogens with one attached hydrogen (secondary N) is 1. The average molecular weight is 479 g/mol.